The van der Waals surface area contributed by atoms with Crippen LogP contribution in [0, 0.1) is 21.4 Å². The van der Waals surface area contributed by atoms with Gasteiger partial charge in [-0.2, -0.15) is 5.26 Å². The lowest BCUT2D eigenvalue weighted by Gasteiger charge is -2.03. The molecule has 0 saturated heterocycles. The second-order valence-corrected chi connectivity index (χ2v) is 8.19. The summed E-state index contributed by atoms with van der Waals surface area (Å²) in [5.74, 6) is 0.0410. The van der Waals surface area contributed by atoms with Gasteiger partial charge in [-0.25, -0.2) is 0 Å². The molecule has 0 radical (unpaired) electrons. The van der Waals surface area contributed by atoms with E-state index in [0.717, 1.165) is 5.56 Å². The Bertz CT molecular complexity index is 1450. The van der Waals surface area contributed by atoms with Gasteiger partial charge in [0.25, 0.3) is 11.6 Å². The quantitative estimate of drug-likeness (QED) is 0.161. The van der Waals surface area contributed by atoms with Gasteiger partial charge >= 0.3 is 0 Å². The maximum Gasteiger partial charge on any atom is 0.284 e. The van der Waals surface area contributed by atoms with Crippen LogP contribution < -0.4 is 10.1 Å². The molecule has 0 bridgehead atoms. The predicted molar refractivity (Wildman–Crippen MR) is 129 cm³/mol. The molecule has 174 valence electrons. The fourth-order valence-corrected chi connectivity index (χ4v) is 3.94. The minimum absolute atomic E-state index is 0.179. The Labute approximate surface area is 203 Å². The number of aromatic nitrogens is 2. The van der Waals surface area contributed by atoms with E-state index in [-0.39, 0.29) is 33.5 Å². The topological polar surface area (TPSA) is 144 Å². The first-order valence-electron chi connectivity index (χ1n) is 10.2. The van der Waals surface area contributed by atoms with E-state index in [1.165, 1.54) is 48.8 Å². The van der Waals surface area contributed by atoms with Gasteiger partial charge in [-0.1, -0.05) is 41.7 Å². The van der Waals surface area contributed by atoms with Crippen molar-refractivity contribution in [3.63, 3.8) is 0 Å². The second kappa shape index (κ2) is 10.4. The van der Waals surface area contributed by atoms with Gasteiger partial charge in [0.1, 0.15) is 33.9 Å². The largest absolute Gasteiger partial charge is 0.497 e. The molecule has 0 spiro atoms. The molecule has 10 nitrogen and oxygen atoms in total. The number of nitrogens with zero attached hydrogens (tertiary/aromatic N) is 4. The standard InChI is InChI=1S/C24H17N5O5S/c1-33-17-7-9-19(20(13-17)29(31)32)21-10-8-18(34-21)12-16(14-25)23(30)26-24-28-27-22(35-24)11-15-5-3-2-4-6-15/h2-10,12-13H,11H2,1H3,(H,26,28,30)/b16-12-. The smallest absolute Gasteiger partial charge is 0.284 e. The Morgan fingerprint density at radius 2 is 2.03 bits per heavy atom. The summed E-state index contributed by atoms with van der Waals surface area (Å²) in [5, 5.41) is 32.5. The Morgan fingerprint density at radius 3 is 2.74 bits per heavy atom. The van der Waals surface area contributed by atoms with Gasteiger partial charge in [0.15, 0.2) is 0 Å². The number of nitro benzene ring substituents is 1. The molecule has 11 heteroatoms. The summed E-state index contributed by atoms with van der Waals surface area (Å²) < 4.78 is 10.7. The zero-order valence-corrected chi connectivity index (χ0v) is 19.1. The van der Waals surface area contributed by atoms with Crippen LogP contribution in [0.3, 0.4) is 0 Å². The molecule has 4 aromatic rings. The van der Waals surface area contributed by atoms with Crippen LogP contribution in [-0.4, -0.2) is 28.1 Å². The van der Waals surface area contributed by atoms with Crippen molar-refractivity contribution in [2.24, 2.45) is 0 Å². The van der Waals surface area contributed by atoms with Crippen molar-refractivity contribution in [3.05, 3.63) is 92.7 Å². The number of carbonyl (C=O) groups is 1. The number of ether oxygens (including phenoxy) is 1. The third kappa shape index (κ3) is 5.58. The van der Waals surface area contributed by atoms with Crippen molar-refractivity contribution in [3.8, 4) is 23.1 Å². The van der Waals surface area contributed by atoms with Crippen LogP contribution in [0.5, 0.6) is 5.75 Å². The number of amides is 1. The molecule has 35 heavy (non-hydrogen) atoms. The maximum atomic E-state index is 12.6. The van der Waals surface area contributed by atoms with E-state index in [0.29, 0.717) is 17.2 Å². The van der Waals surface area contributed by atoms with Gasteiger partial charge < -0.3 is 9.15 Å². The first-order chi connectivity index (χ1) is 17.0. The van der Waals surface area contributed by atoms with Crippen molar-refractivity contribution in [2.75, 3.05) is 12.4 Å². The van der Waals surface area contributed by atoms with Gasteiger partial charge in [-0.15, -0.1) is 10.2 Å². The third-order valence-corrected chi connectivity index (χ3v) is 5.67. The van der Waals surface area contributed by atoms with E-state index in [1.54, 1.807) is 6.07 Å². The number of anilines is 1. The minimum atomic E-state index is -0.678. The third-order valence-electron chi connectivity index (χ3n) is 4.83. The Balaban J connectivity index is 1.50. The average Bonchev–Trinajstić information content (AvgIpc) is 3.52. The van der Waals surface area contributed by atoms with E-state index in [1.807, 2.05) is 36.4 Å². The van der Waals surface area contributed by atoms with Crippen molar-refractivity contribution in [1.82, 2.24) is 10.2 Å². The van der Waals surface area contributed by atoms with E-state index >= 15 is 0 Å². The first-order valence-corrected chi connectivity index (χ1v) is 11.0. The zero-order chi connectivity index (χ0) is 24.8. The number of furan rings is 1. The zero-order valence-electron chi connectivity index (χ0n) is 18.3. The van der Waals surface area contributed by atoms with Crippen LogP contribution in [0.4, 0.5) is 10.8 Å². The van der Waals surface area contributed by atoms with Gasteiger partial charge in [-0.3, -0.25) is 20.2 Å². The number of nitriles is 1. The van der Waals surface area contributed by atoms with Gasteiger partial charge in [0, 0.05) is 12.5 Å². The Morgan fingerprint density at radius 1 is 1.23 bits per heavy atom. The number of benzene rings is 2. The summed E-state index contributed by atoms with van der Waals surface area (Å²) in [6.07, 6.45) is 1.82. The molecule has 0 aliphatic rings. The molecule has 0 unspecified atom stereocenters. The Kier molecular flexibility index (Phi) is 6.94. The molecule has 2 heterocycles. The normalized spacial score (nSPS) is 11.0. The van der Waals surface area contributed by atoms with Crippen LogP contribution in [0.2, 0.25) is 0 Å². The number of hydrogen-bond donors (Lipinski definition) is 1. The average molecular weight is 487 g/mol. The molecule has 0 atom stereocenters. The number of nitrogens with one attached hydrogen (secondary N) is 1. The van der Waals surface area contributed by atoms with E-state index < -0.39 is 10.8 Å². The van der Waals surface area contributed by atoms with Gasteiger partial charge in [0.2, 0.25) is 5.13 Å². The number of hydrogen-bond acceptors (Lipinski definition) is 9. The molecule has 1 amide bonds. The second-order valence-electron chi connectivity index (χ2n) is 7.13. The molecule has 4 rings (SSSR count). The van der Waals surface area contributed by atoms with Crippen LogP contribution in [0.15, 0.2) is 70.7 Å². The van der Waals surface area contributed by atoms with Crippen LogP contribution in [0.1, 0.15) is 16.3 Å². The van der Waals surface area contributed by atoms with Crippen LogP contribution >= 0.6 is 11.3 Å². The van der Waals surface area contributed by atoms with E-state index in [2.05, 4.69) is 15.5 Å². The summed E-state index contributed by atoms with van der Waals surface area (Å²) in [5.41, 5.74) is 0.869. The summed E-state index contributed by atoms with van der Waals surface area (Å²) in [6, 6.07) is 18.9. The summed E-state index contributed by atoms with van der Waals surface area (Å²) in [7, 11) is 1.41. The fraction of sp³-hybridized carbons (Fsp3) is 0.0833. The molecule has 0 aliphatic heterocycles. The highest BCUT2D eigenvalue weighted by molar-refractivity contribution is 7.15. The van der Waals surface area contributed by atoms with Crippen molar-refractivity contribution >= 4 is 34.1 Å². The molecule has 1 N–H and O–H groups in total. The SMILES string of the molecule is COc1ccc(-c2ccc(/C=C(/C#N)C(=O)Nc3nnc(Cc4ccccc4)s3)o2)c([N+](=O)[O-])c1. The number of methoxy groups -OCH3 is 1. The molecule has 0 aliphatic carbocycles. The molecule has 2 aromatic heterocycles. The van der Waals surface area contributed by atoms with E-state index in [9.17, 15) is 20.2 Å². The monoisotopic (exact) mass is 487 g/mol. The highest BCUT2D eigenvalue weighted by Crippen LogP contribution is 2.34. The maximum absolute atomic E-state index is 12.6. The van der Waals surface area contributed by atoms with Crippen molar-refractivity contribution in [1.29, 1.82) is 5.26 Å². The fourth-order valence-electron chi connectivity index (χ4n) is 3.17. The van der Waals surface area contributed by atoms with Gasteiger partial charge in [-0.05, 0) is 29.8 Å². The highest BCUT2D eigenvalue weighted by atomic mass is 32.1. The predicted octanol–water partition coefficient (Wildman–Crippen LogP) is 4.85. The minimum Gasteiger partial charge on any atom is -0.497 e. The van der Waals surface area contributed by atoms with Crippen molar-refractivity contribution in [2.45, 2.75) is 6.42 Å². The van der Waals surface area contributed by atoms with Crippen molar-refractivity contribution < 1.29 is 18.9 Å². The summed E-state index contributed by atoms with van der Waals surface area (Å²) in [4.78, 5) is 23.5. The lowest BCUT2D eigenvalue weighted by Crippen LogP contribution is -2.13. The van der Waals surface area contributed by atoms with Crippen LogP contribution in [0.25, 0.3) is 17.4 Å². The van der Waals surface area contributed by atoms with E-state index in [4.69, 9.17) is 9.15 Å². The lowest BCUT2D eigenvalue weighted by atomic mass is 10.1. The number of rotatable bonds is 8. The van der Waals surface area contributed by atoms with Crippen LogP contribution in [-0.2, 0) is 11.2 Å². The molecular formula is C24H17N5O5S. The molecule has 0 fully saturated rings. The first kappa shape index (κ1) is 23.3. The highest BCUT2D eigenvalue weighted by Gasteiger charge is 2.20. The summed E-state index contributed by atoms with van der Waals surface area (Å²) >= 11 is 1.21. The number of nitro groups is 1. The molecular weight excluding hydrogens is 470 g/mol. The number of carbonyl (C=O) groups excluding carboxylic acids is 1. The molecule has 0 saturated carbocycles. The lowest BCUT2D eigenvalue weighted by molar-refractivity contribution is -0.384. The summed E-state index contributed by atoms with van der Waals surface area (Å²) in [6.45, 7) is 0. The molecule has 2 aromatic carbocycles. The Hall–Kier alpha value is -4.82. The van der Waals surface area contributed by atoms with Gasteiger partial charge in [0.05, 0.1) is 23.7 Å².